The van der Waals surface area contributed by atoms with Crippen molar-refractivity contribution < 1.29 is 46.5 Å². The van der Waals surface area contributed by atoms with Crippen molar-refractivity contribution in [1.82, 2.24) is 0 Å². The van der Waals surface area contributed by atoms with E-state index in [4.69, 9.17) is 29.4 Å². The minimum atomic E-state index is -3.81. The molecule has 1 aromatic carbocycles. The van der Waals surface area contributed by atoms with Crippen LogP contribution in [-0.4, -0.2) is 29.4 Å². The Balaban J connectivity index is 0. The van der Waals surface area contributed by atoms with Gasteiger partial charge in [-0.2, -0.15) is 0 Å². The van der Waals surface area contributed by atoms with Crippen LogP contribution in [0.15, 0.2) is 30.3 Å². The van der Waals surface area contributed by atoms with Crippen molar-refractivity contribution in [3.8, 4) is 0 Å². The molecular weight excluding hydrogens is 504 g/mol. The van der Waals surface area contributed by atoms with Crippen LogP contribution in [-0.2, 0) is 40.7 Å². The second-order valence-electron chi connectivity index (χ2n) is 6.80. The third-order valence-corrected chi connectivity index (χ3v) is 7.90. The van der Waals surface area contributed by atoms with E-state index >= 15 is 0 Å². The average Bonchev–Trinajstić information content (AvgIpc) is 2.58. The number of benzene rings is 1. The Morgan fingerprint density at radius 3 is 1.38 bits per heavy atom. The molecule has 168 valence electrons. The van der Waals surface area contributed by atoms with Gasteiger partial charge in [0, 0.05) is 0 Å². The van der Waals surface area contributed by atoms with Crippen LogP contribution in [0.3, 0.4) is 0 Å². The number of hydrogen-bond acceptors (Lipinski definition) is 2. The molecular formula is C18H36O6P2S2Zn. The van der Waals surface area contributed by atoms with Crippen LogP contribution in [0.5, 0.6) is 0 Å². The Hall–Kier alpha value is 0.903. The Bertz CT molecular complexity index is 532. The van der Waals surface area contributed by atoms with Crippen LogP contribution in [0, 0.1) is 0 Å². The van der Waals surface area contributed by atoms with Gasteiger partial charge in [-0.05, 0) is 23.6 Å². The average molecular weight is 540 g/mol. The van der Waals surface area contributed by atoms with Gasteiger partial charge in [0.05, 0.1) is 0 Å². The zero-order valence-electron chi connectivity index (χ0n) is 17.3. The van der Waals surface area contributed by atoms with Gasteiger partial charge in [0.1, 0.15) is 0 Å². The molecule has 0 spiro atoms. The van der Waals surface area contributed by atoms with Gasteiger partial charge in [-0.3, -0.25) is 0 Å². The van der Waals surface area contributed by atoms with Crippen LogP contribution < -0.4 is 4.16 Å². The molecule has 0 atom stereocenters. The zero-order chi connectivity index (χ0) is 22.6. The maximum atomic E-state index is 7.56. The second kappa shape index (κ2) is 20.8. The summed E-state index contributed by atoms with van der Waals surface area (Å²) in [4.78, 5) is 45.3. The first-order valence-corrected chi connectivity index (χ1v) is 18.9. The standard InChI is InChI=1S/C12H25.C6H5.2H3O3PS.Zn/c1-3-5-7-9-11-12-10-8-6-4-2;1-2-4-6-5-3-1;2*1-4(2,3)5;/h1,3-12H2,2H3;1-5H;2*(H3,1,2,3,5);. The van der Waals surface area contributed by atoms with Crippen molar-refractivity contribution >= 4 is 41.2 Å². The molecule has 29 heavy (non-hydrogen) atoms. The molecule has 1 aromatic rings. The minimum absolute atomic E-state index is 0.394. The molecule has 1 rings (SSSR count). The molecule has 11 heteroatoms. The number of unbranched alkanes of at least 4 members (excludes halogenated alkanes) is 9. The maximum absolute atomic E-state index is 7.56. The number of hydrogen-bond donors (Lipinski definition) is 6. The van der Waals surface area contributed by atoms with E-state index in [-0.39, 0.29) is 0 Å². The fraction of sp³-hybridized carbons (Fsp3) is 0.667. The largest absolute Gasteiger partial charge is 0.325 e. The van der Waals surface area contributed by atoms with Gasteiger partial charge in [0.25, 0.3) is 0 Å². The number of rotatable bonds is 12. The van der Waals surface area contributed by atoms with E-state index in [1.54, 1.807) is 9.17 Å². The Morgan fingerprint density at radius 2 is 1.00 bits per heavy atom. The zero-order valence-corrected chi connectivity index (χ0v) is 23.7. The molecule has 0 aliphatic carbocycles. The summed E-state index contributed by atoms with van der Waals surface area (Å²) >= 11 is 6.81. The molecule has 0 bridgehead atoms. The third kappa shape index (κ3) is 43.6. The molecule has 0 unspecified atom stereocenters. The van der Waals surface area contributed by atoms with E-state index in [1.807, 2.05) is 0 Å². The van der Waals surface area contributed by atoms with Gasteiger partial charge in [-0.25, -0.2) is 0 Å². The summed E-state index contributed by atoms with van der Waals surface area (Å²) < 4.78 is 1.69. The summed E-state index contributed by atoms with van der Waals surface area (Å²) in [5.41, 5.74) is 0. The second-order valence-corrected chi connectivity index (χ2v) is 16.0. The first kappa shape index (κ1) is 32.1. The van der Waals surface area contributed by atoms with E-state index in [1.165, 1.54) is 64.2 Å². The first-order valence-electron chi connectivity index (χ1n) is 10.0. The Labute approximate surface area is 193 Å². The molecule has 6 nitrogen and oxygen atoms in total. The van der Waals surface area contributed by atoms with Crippen molar-refractivity contribution in [3.05, 3.63) is 30.3 Å². The predicted octanol–water partition coefficient (Wildman–Crippen LogP) is 4.11. The summed E-state index contributed by atoms with van der Waals surface area (Å²) in [6.45, 7) is -5.32. The molecule has 0 amide bonds. The fourth-order valence-corrected chi connectivity index (χ4v) is 6.03. The molecule has 0 aliphatic heterocycles. The van der Waals surface area contributed by atoms with Gasteiger partial charge in [0.15, 0.2) is 0 Å². The van der Waals surface area contributed by atoms with Gasteiger partial charge < -0.3 is 29.4 Å². The fourth-order valence-electron chi connectivity index (χ4n) is 2.64. The van der Waals surface area contributed by atoms with Gasteiger partial charge in [0.2, 0.25) is 0 Å². The SMILES string of the molecule is CCCCCCCCCCC[CH2][Zn][c]1ccccc1.OP(O)(O)=S.OP(O)(O)=S. The van der Waals surface area contributed by atoms with Crippen LogP contribution in [0.2, 0.25) is 5.02 Å². The van der Waals surface area contributed by atoms with Crippen molar-refractivity contribution in [2.45, 2.75) is 76.1 Å². The van der Waals surface area contributed by atoms with E-state index in [0.717, 1.165) is 0 Å². The molecule has 6 N–H and O–H groups in total. The molecule has 0 saturated carbocycles. The van der Waals surface area contributed by atoms with Crippen molar-refractivity contribution in [3.63, 3.8) is 0 Å². The molecule has 0 heterocycles. The van der Waals surface area contributed by atoms with Crippen LogP contribution in [0.4, 0.5) is 0 Å². The van der Waals surface area contributed by atoms with Gasteiger partial charge >= 0.3 is 141 Å². The van der Waals surface area contributed by atoms with Crippen molar-refractivity contribution in [2.24, 2.45) is 0 Å². The van der Waals surface area contributed by atoms with Crippen molar-refractivity contribution in [2.75, 3.05) is 0 Å². The van der Waals surface area contributed by atoms with Crippen LogP contribution in [0.1, 0.15) is 71.1 Å². The van der Waals surface area contributed by atoms with Crippen LogP contribution in [0.25, 0.3) is 0 Å². The van der Waals surface area contributed by atoms with E-state index in [2.05, 4.69) is 60.9 Å². The summed E-state index contributed by atoms with van der Waals surface area (Å²) in [6, 6.07) is 11.2. The van der Waals surface area contributed by atoms with Gasteiger partial charge in [-0.1, -0.05) is 0 Å². The van der Waals surface area contributed by atoms with Crippen molar-refractivity contribution in [1.29, 1.82) is 0 Å². The van der Waals surface area contributed by atoms with Gasteiger partial charge in [-0.15, -0.1) is 0 Å². The van der Waals surface area contributed by atoms with Crippen LogP contribution >= 0.6 is 13.4 Å². The molecule has 0 aromatic heterocycles. The predicted molar refractivity (Wildman–Crippen MR) is 125 cm³/mol. The maximum Gasteiger partial charge on any atom is 0.319 e. The Kier molecular flexibility index (Phi) is 23.0. The van der Waals surface area contributed by atoms with E-state index in [9.17, 15) is 0 Å². The smallest absolute Gasteiger partial charge is 0.319 e. The first-order chi connectivity index (χ1) is 13.4. The summed E-state index contributed by atoms with van der Waals surface area (Å²) in [5, 5.41) is 1.55. The molecule has 0 radical (unpaired) electrons. The quantitative estimate of drug-likeness (QED) is 0.133. The molecule has 0 fully saturated rings. The summed E-state index contributed by atoms with van der Waals surface area (Å²) in [5.74, 6) is 0. The Morgan fingerprint density at radius 1 is 0.655 bits per heavy atom. The topological polar surface area (TPSA) is 121 Å². The summed E-state index contributed by atoms with van der Waals surface area (Å²) in [7, 11) is 0. The third-order valence-electron chi connectivity index (χ3n) is 3.91. The minimum Gasteiger partial charge on any atom is -0.325 e. The molecule has 0 aliphatic rings. The normalized spacial score (nSPS) is 10.9. The van der Waals surface area contributed by atoms with E-state index in [0.29, 0.717) is 0 Å². The summed E-state index contributed by atoms with van der Waals surface area (Å²) in [6.07, 6.45) is 14.6. The monoisotopic (exact) mass is 538 g/mol. The molecule has 0 saturated heterocycles. The van der Waals surface area contributed by atoms with E-state index < -0.39 is 30.6 Å².